The van der Waals surface area contributed by atoms with Gasteiger partial charge < -0.3 is 18.8 Å². The molecule has 5 nitrogen and oxygen atoms in total. The molecule has 0 radical (unpaired) electrons. The van der Waals surface area contributed by atoms with Crippen LogP contribution in [-0.2, 0) is 12.8 Å². The fourth-order valence-electron chi connectivity index (χ4n) is 6.82. The summed E-state index contributed by atoms with van der Waals surface area (Å²) in [6.07, 6.45) is 0.901. The molecule has 52 heavy (non-hydrogen) atoms. The van der Waals surface area contributed by atoms with E-state index in [0.29, 0.717) is 46.8 Å². The van der Waals surface area contributed by atoms with Gasteiger partial charge in [0.2, 0.25) is 0 Å². The van der Waals surface area contributed by atoms with Gasteiger partial charge >= 0.3 is 0 Å². The first kappa shape index (κ1) is 32.9. The maximum atomic E-state index is 14.2. The van der Waals surface area contributed by atoms with Gasteiger partial charge in [0.25, 0.3) is 5.91 Å². The van der Waals surface area contributed by atoms with Crippen LogP contribution in [0.3, 0.4) is 0 Å². The molecule has 8 rings (SSSR count). The van der Waals surface area contributed by atoms with E-state index in [4.69, 9.17) is 8.83 Å². The van der Waals surface area contributed by atoms with E-state index in [-0.39, 0.29) is 30.7 Å². The molecule has 0 spiro atoms. The molecule has 0 saturated carbocycles. The van der Waals surface area contributed by atoms with E-state index in [9.17, 15) is 18.7 Å². The van der Waals surface area contributed by atoms with Gasteiger partial charge in [0.15, 0.2) is 0 Å². The van der Waals surface area contributed by atoms with Gasteiger partial charge in [0, 0.05) is 52.5 Å². The lowest BCUT2D eigenvalue weighted by atomic mass is 10.00. The Bertz CT molecular complexity index is 2570. The van der Waals surface area contributed by atoms with Crippen LogP contribution in [0.15, 0.2) is 154 Å². The number of nitrogens with zero attached hydrogens (tertiary/aromatic N) is 1. The monoisotopic (exact) mass is 689 g/mol. The number of halogens is 2. The number of carbonyl (C=O) groups is 1. The van der Waals surface area contributed by atoms with E-state index in [0.717, 1.165) is 44.2 Å². The van der Waals surface area contributed by atoms with Crippen LogP contribution in [0.1, 0.15) is 33.0 Å². The fraction of sp³-hybridized carbons (Fsp3) is 0.0889. The van der Waals surface area contributed by atoms with Gasteiger partial charge in [-0.15, -0.1) is 0 Å². The Morgan fingerprint density at radius 3 is 1.65 bits per heavy atom. The molecule has 1 amide bonds. The Morgan fingerprint density at radius 2 is 1.10 bits per heavy atom. The van der Waals surface area contributed by atoms with Gasteiger partial charge in [-0.05, 0) is 82.9 Å². The standard InChI is InChI=1S/C45H33F2NO4/c46-36-14-1-7-29(21-36)23-39-27-33-11-5-17-41(43(33)51-39)31-9-3-13-35(25-31)45(50)48(19-20-49)38-16-4-10-32(26-38)42-18-6-12-34-28-40(52-44(34)42)24-30-8-2-15-37(47)22-30/h1-18,21-22,25-28,49H,19-20,23-24H2. The Morgan fingerprint density at radius 1 is 0.577 bits per heavy atom. The van der Waals surface area contributed by atoms with Crippen LogP contribution in [0.25, 0.3) is 44.2 Å². The highest BCUT2D eigenvalue weighted by atomic mass is 19.1. The first-order chi connectivity index (χ1) is 25.4. The number of amides is 1. The SMILES string of the molecule is O=C(c1cccc(-c2cccc3cc(Cc4cccc(F)c4)oc23)c1)N(CCO)c1cccc(-c2cccc3cc(Cc4cccc(F)c4)oc23)c1. The van der Waals surface area contributed by atoms with Crippen molar-refractivity contribution in [1.82, 2.24) is 0 Å². The molecule has 6 aromatic carbocycles. The smallest absolute Gasteiger partial charge is 0.258 e. The maximum absolute atomic E-state index is 14.2. The minimum absolute atomic E-state index is 0.0897. The first-order valence-corrected chi connectivity index (χ1v) is 17.1. The van der Waals surface area contributed by atoms with Crippen LogP contribution in [0.4, 0.5) is 14.5 Å². The van der Waals surface area contributed by atoms with E-state index in [2.05, 4.69) is 0 Å². The molecule has 2 aromatic heterocycles. The lowest BCUT2D eigenvalue weighted by molar-refractivity contribution is 0.0981. The van der Waals surface area contributed by atoms with Crippen molar-refractivity contribution in [3.05, 3.63) is 185 Å². The number of benzene rings is 6. The van der Waals surface area contributed by atoms with Gasteiger partial charge in [-0.2, -0.15) is 0 Å². The van der Waals surface area contributed by atoms with Crippen LogP contribution in [0.5, 0.6) is 0 Å². The molecule has 0 fully saturated rings. The zero-order chi connectivity index (χ0) is 35.6. The molecule has 8 aromatic rings. The maximum Gasteiger partial charge on any atom is 0.258 e. The number of rotatable bonds is 10. The van der Waals surface area contributed by atoms with Crippen molar-refractivity contribution in [2.75, 3.05) is 18.1 Å². The number of hydrogen-bond acceptors (Lipinski definition) is 4. The van der Waals surface area contributed by atoms with E-state index in [1.165, 1.54) is 24.3 Å². The van der Waals surface area contributed by atoms with Gasteiger partial charge in [0.1, 0.15) is 34.3 Å². The molecule has 2 heterocycles. The summed E-state index contributed by atoms with van der Waals surface area (Å²) in [6, 6.07) is 43.6. The van der Waals surface area contributed by atoms with Crippen molar-refractivity contribution < 1.29 is 27.5 Å². The van der Waals surface area contributed by atoms with Crippen LogP contribution in [0, 0.1) is 11.6 Å². The average molecular weight is 690 g/mol. The van der Waals surface area contributed by atoms with Crippen LogP contribution < -0.4 is 4.90 Å². The van der Waals surface area contributed by atoms with Crippen molar-refractivity contribution in [1.29, 1.82) is 0 Å². The van der Waals surface area contributed by atoms with Crippen molar-refractivity contribution in [2.24, 2.45) is 0 Å². The van der Waals surface area contributed by atoms with E-state index < -0.39 is 0 Å². The number of aliphatic hydroxyl groups excluding tert-OH is 1. The number of hydrogen-bond donors (Lipinski definition) is 1. The predicted molar refractivity (Wildman–Crippen MR) is 200 cm³/mol. The highest BCUT2D eigenvalue weighted by Crippen LogP contribution is 2.35. The molecule has 0 saturated heterocycles. The third-order valence-electron chi connectivity index (χ3n) is 9.18. The predicted octanol–water partition coefficient (Wildman–Crippen LogP) is 10.6. The second kappa shape index (κ2) is 14.1. The molecule has 0 aliphatic heterocycles. The third-order valence-corrected chi connectivity index (χ3v) is 9.18. The highest BCUT2D eigenvalue weighted by Gasteiger charge is 2.20. The lowest BCUT2D eigenvalue weighted by Gasteiger charge is -2.23. The van der Waals surface area contributed by atoms with Crippen molar-refractivity contribution >= 4 is 33.5 Å². The summed E-state index contributed by atoms with van der Waals surface area (Å²) in [4.78, 5) is 15.8. The molecule has 0 aliphatic rings. The van der Waals surface area contributed by atoms with Crippen LogP contribution >= 0.6 is 0 Å². The number of fused-ring (bicyclic) bond motifs is 2. The molecule has 0 bridgehead atoms. The molecular weight excluding hydrogens is 656 g/mol. The van der Waals surface area contributed by atoms with Gasteiger partial charge in [0.05, 0.1) is 6.61 Å². The zero-order valence-corrected chi connectivity index (χ0v) is 28.1. The summed E-state index contributed by atoms with van der Waals surface area (Å²) in [7, 11) is 0. The third kappa shape index (κ3) is 6.74. The van der Waals surface area contributed by atoms with Gasteiger partial charge in [-0.1, -0.05) is 84.9 Å². The Balaban J connectivity index is 1.09. The van der Waals surface area contributed by atoms with E-state index >= 15 is 0 Å². The molecule has 1 N–H and O–H groups in total. The number of anilines is 1. The summed E-state index contributed by atoms with van der Waals surface area (Å²) in [5, 5.41) is 11.9. The first-order valence-electron chi connectivity index (χ1n) is 17.1. The number of aliphatic hydroxyl groups is 1. The number of carbonyl (C=O) groups excluding carboxylic acids is 1. The quantitative estimate of drug-likeness (QED) is 0.155. The molecule has 7 heteroatoms. The molecular formula is C45H33F2NO4. The number of para-hydroxylation sites is 2. The van der Waals surface area contributed by atoms with E-state index in [1.807, 2.05) is 103 Å². The molecule has 0 unspecified atom stereocenters. The molecule has 256 valence electrons. The fourth-order valence-corrected chi connectivity index (χ4v) is 6.82. The molecule has 0 atom stereocenters. The summed E-state index contributed by atoms with van der Waals surface area (Å²) < 4.78 is 40.3. The summed E-state index contributed by atoms with van der Waals surface area (Å²) >= 11 is 0. The Kier molecular flexibility index (Phi) is 8.93. The van der Waals surface area contributed by atoms with Gasteiger partial charge in [-0.3, -0.25) is 4.79 Å². The Hall–Kier alpha value is -6.31. The van der Waals surface area contributed by atoms with E-state index in [1.54, 1.807) is 23.1 Å². The summed E-state index contributed by atoms with van der Waals surface area (Å²) in [6.45, 7) is -0.140. The van der Waals surface area contributed by atoms with Crippen LogP contribution in [0.2, 0.25) is 0 Å². The van der Waals surface area contributed by atoms with Crippen molar-refractivity contribution in [3.8, 4) is 22.3 Å². The second-order valence-electron chi connectivity index (χ2n) is 12.8. The van der Waals surface area contributed by atoms with Gasteiger partial charge in [-0.25, -0.2) is 8.78 Å². The minimum Gasteiger partial charge on any atom is -0.460 e. The lowest BCUT2D eigenvalue weighted by Crippen LogP contribution is -2.33. The molecule has 0 aliphatic carbocycles. The van der Waals surface area contributed by atoms with Crippen molar-refractivity contribution in [3.63, 3.8) is 0 Å². The average Bonchev–Trinajstić information content (AvgIpc) is 3.77. The second-order valence-corrected chi connectivity index (χ2v) is 12.8. The normalized spacial score (nSPS) is 11.4. The minimum atomic E-state index is -0.291. The summed E-state index contributed by atoms with van der Waals surface area (Å²) in [5.74, 6) is 0.583. The Labute approximate surface area is 299 Å². The largest absolute Gasteiger partial charge is 0.460 e. The summed E-state index contributed by atoms with van der Waals surface area (Å²) in [5.41, 5.74) is 7.43. The number of furan rings is 2. The topological polar surface area (TPSA) is 66.8 Å². The zero-order valence-electron chi connectivity index (χ0n) is 28.1. The highest BCUT2D eigenvalue weighted by molar-refractivity contribution is 6.07. The van der Waals surface area contributed by atoms with Crippen molar-refractivity contribution in [2.45, 2.75) is 12.8 Å². The van der Waals surface area contributed by atoms with Crippen LogP contribution in [-0.4, -0.2) is 24.2 Å².